The molecule has 1 aliphatic heterocycles. The molecule has 3 rings (SSSR count). The Kier molecular flexibility index (Phi) is 6.96. The van der Waals surface area contributed by atoms with Crippen molar-refractivity contribution in [2.45, 2.75) is 26.8 Å². The van der Waals surface area contributed by atoms with Crippen molar-refractivity contribution in [1.29, 1.82) is 0 Å². The highest BCUT2D eigenvalue weighted by Gasteiger charge is 2.37. The van der Waals surface area contributed by atoms with Crippen LogP contribution in [0.2, 0.25) is 0 Å². The van der Waals surface area contributed by atoms with Crippen LogP contribution in [0.1, 0.15) is 41.5 Å². The quantitative estimate of drug-likeness (QED) is 0.499. The summed E-state index contributed by atoms with van der Waals surface area (Å²) in [5.41, 5.74) is 2.33. The van der Waals surface area contributed by atoms with E-state index in [-0.39, 0.29) is 36.1 Å². The number of nitrogens with zero attached hydrogens (tertiary/aromatic N) is 2. The maximum Gasteiger partial charge on any atom is 0.359 e. The number of amides is 2. The largest absolute Gasteiger partial charge is 0.463 e. The summed E-state index contributed by atoms with van der Waals surface area (Å²) < 4.78 is 11.8. The first-order chi connectivity index (χ1) is 14.9. The van der Waals surface area contributed by atoms with Gasteiger partial charge in [-0.15, -0.1) is 11.6 Å². The number of allylic oxidation sites excluding steroid dienone is 1. The molecule has 1 aromatic carbocycles. The Bertz CT molecular complexity index is 1030. The zero-order valence-electron chi connectivity index (χ0n) is 17.4. The van der Waals surface area contributed by atoms with Crippen LogP contribution in [0, 0.1) is 6.92 Å². The van der Waals surface area contributed by atoms with Gasteiger partial charge in [-0.05, 0) is 32.9 Å². The lowest BCUT2D eigenvalue weighted by molar-refractivity contribution is -0.139. The molecule has 0 fully saturated rings. The minimum Gasteiger partial charge on any atom is -0.463 e. The Labute approximate surface area is 184 Å². The number of carbonyl (C=O) groups excluding carboxylic acids is 3. The van der Waals surface area contributed by atoms with Gasteiger partial charge in [0.2, 0.25) is 0 Å². The zero-order valence-corrected chi connectivity index (χ0v) is 18.2. The van der Waals surface area contributed by atoms with Crippen LogP contribution >= 0.6 is 11.6 Å². The van der Waals surface area contributed by atoms with Gasteiger partial charge in [-0.2, -0.15) is 5.10 Å². The molecule has 10 heteroatoms. The van der Waals surface area contributed by atoms with Crippen molar-refractivity contribution in [3.63, 3.8) is 0 Å². The summed E-state index contributed by atoms with van der Waals surface area (Å²) in [4.78, 5) is 37.6. The van der Waals surface area contributed by atoms with Gasteiger partial charge in [0.1, 0.15) is 0 Å². The fraction of sp³-hybridized carbons (Fsp3) is 0.333. The summed E-state index contributed by atoms with van der Waals surface area (Å²) in [5, 5.41) is 9.58. The molecule has 2 aromatic rings. The number of hydrogen-bond acceptors (Lipinski definition) is 6. The van der Waals surface area contributed by atoms with E-state index in [9.17, 15) is 14.4 Å². The molecule has 0 bridgehead atoms. The van der Waals surface area contributed by atoms with Gasteiger partial charge in [-0.1, -0.05) is 17.7 Å². The Morgan fingerprint density at radius 2 is 1.77 bits per heavy atom. The summed E-state index contributed by atoms with van der Waals surface area (Å²) in [6.07, 6.45) is 1.58. The third kappa shape index (κ3) is 4.72. The van der Waals surface area contributed by atoms with Crippen LogP contribution in [0.15, 0.2) is 41.7 Å². The maximum atomic E-state index is 12.7. The second kappa shape index (κ2) is 9.65. The van der Waals surface area contributed by atoms with Gasteiger partial charge in [-0.25, -0.2) is 19.1 Å². The van der Waals surface area contributed by atoms with Crippen LogP contribution in [-0.4, -0.2) is 46.8 Å². The third-order valence-electron chi connectivity index (χ3n) is 4.60. The average molecular weight is 447 g/mol. The number of aromatic nitrogens is 2. The second-order valence-electron chi connectivity index (χ2n) is 6.71. The predicted octanol–water partition coefficient (Wildman–Crippen LogP) is 2.77. The van der Waals surface area contributed by atoms with E-state index in [0.29, 0.717) is 11.3 Å². The molecule has 31 heavy (non-hydrogen) atoms. The van der Waals surface area contributed by atoms with Crippen molar-refractivity contribution in [2.24, 2.45) is 0 Å². The number of alkyl halides is 1. The standard InChI is InChI=1S/C21H23ClN4O5/c1-4-30-19(27)16-15(10-22)23-21(29)24-17(16)14-11-26(13-8-6-12(3)7-9-13)25-18(14)20(28)31-5-2/h6-9,11,17H,4-5,10H2,1-3H3,(H2,23,24,29)/t17-/m0/s1. The van der Waals surface area contributed by atoms with Gasteiger partial charge in [0.15, 0.2) is 5.69 Å². The van der Waals surface area contributed by atoms with Gasteiger partial charge in [-0.3, -0.25) is 0 Å². The van der Waals surface area contributed by atoms with E-state index < -0.39 is 24.0 Å². The van der Waals surface area contributed by atoms with Crippen LogP contribution in [0.3, 0.4) is 0 Å². The molecule has 0 radical (unpaired) electrons. The molecular formula is C21H23ClN4O5. The summed E-state index contributed by atoms with van der Waals surface area (Å²) in [7, 11) is 0. The number of carbonyl (C=O) groups is 3. The third-order valence-corrected chi connectivity index (χ3v) is 4.87. The fourth-order valence-electron chi connectivity index (χ4n) is 3.19. The fourth-order valence-corrected chi connectivity index (χ4v) is 3.40. The van der Waals surface area contributed by atoms with Crippen molar-refractivity contribution >= 4 is 29.6 Å². The first-order valence-corrected chi connectivity index (χ1v) is 10.3. The van der Waals surface area contributed by atoms with Gasteiger partial charge >= 0.3 is 18.0 Å². The highest BCUT2D eigenvalue weighted by atomic mass is 35.5. The minimum atomic E-state index is -1.000. The maximum absolute atomic E-state index is 12.7. The van der Waals surface area contributed by atoms with Crippen LogP contribution in [0.5, 0.6) is 0 Å². The lowest BCUT2D eigenvalue weighted by atomic mass is 9.95. The molecule has 1 aliphatic rings. The lowest BCUT2D eigenvalue weighted by Crippen LogP contribution is -2.46. The first-order valence-electron chi connectivity index (χ1n) is 9.76. The summed E-state index contributed by atoms with van der Waals surface area (Å²) in [5.74, 6) is -1.46. The molecule has 1 atom stereocenters. The molecule has 2 heterocycles. The van der Waals surface area contributed by atoms with Gasteiger partial charge in [0.25, 0.3) is 0 Å². The van der Waals surface area contributed by atoms with Crippen molar-refractivity contribution in [3.8, 4) is 5.69 Å². The SMILES string of the molecule is CCOC(=O)C1=C(CCl)NC(=O)N[C@H]1c1cn(-c2ccc(C)cc2)nc1C(=O)OCC. The molecule has 0 saturated heterocycles. The Hall–Kier alpha value is -3.33. The molecule has 0 aliphatic carbocycles. The summed E-state index contributed by atoms with van der Waals surface area (Å²) in [6.45, 7) is 5.57. The van der Waals surface area contributed by atoms with E-state index in [1.54, 1.807) is 20.0 Å². The number of ether oxygens (including phenoxy) is 2. The number of nitrogens with one attached hydrogen (secondary N) is 2. The number of hydrogen-bond donors (Lipinski definition) is 2. The van der Waals surface area contributed by atoms with E-state index in [4.69, 9.17) is 21.1 Å². The van der Waals surface area contributed by atoms with E-state index in [0.717, 1.165) is 5.56 Å². The van der Waals surface area contributed by atoms with Crippen molar-refractivity contribution in [2.75, 3.05) is 19.1 Å². The summed E-state index contributed by atoms with van der Waals surface area (Å²) in [6, 6.07) is 5.93. The number of halogens is 1. The normalized spacial score (nSPS) is 15.9. The Morgan fingerprint density at radius 3 is 2.39 bits per heavy atom. The molecule has 9 nitrogen and oxygen atoms in total. The second-order valence-corrected chi connectivity index (χ2v) is 6.98. The number of rotatable bonds is 7. The van der Waals surface area contributed by atoms with Gasteiger partial charge < -0.3 is 20.1 Å². The van der Waals surface area contributed by atoms with Crippen molar-refractivity contribution < 1.29 is 23.9 Å². The topological polar surface area (TPSA) is 112 Å². The molecule has 1 aromatic heterocycles. The highest BCUT2D eigenvalue weighted by molar-refractivity contribution is 6.20. The first kappa shape index (κ1) is 22.4. The van der Waals surface area contributed by atoms with E-state index >= 15 is 0 Å². The molecule has 2 N–H and O–H groups in total. The van der Waals surface area contributed by atoms with Gasteiger partial charge in [0, 0.05) is 17.5 Å². The molecular weight excluding hydrogens is 424 g/mol. The monoisotopic (exact) mass is 446 g/mol. The van der Waals surface area contributed by atoms with E-state index in [2.05, 4.69) is 15.7 Å². The summed E-state index contributed by atoms with van der Waals surface area (Å²) >= 11 is 5.98. The molecule has 0 saturated carbocycles. The zero-order chi connectivity index (χ0) is 22.5. The van der Waals surface area contributed by atoms with Crippen LogP contribution in [0.4, 0.5) is 4.79 Å². The number of esters is 2. The Balaban J connectivity index is 2.17. The minimum absolute atomic E-state index is 0.0228. The van der Waals surface area contributed by atoms with Crippen LogP contribution < -0.4 is 10.6 Å². The number of urea groups is 1. The van der Waals surface area contributed by atoms with E-state index in [1.165, 1.54) is 4.68 Å². The number of aryl methyl sites for hydroxylation is 1. The van der Waals surface area contributed by atoms with Gasteiger partial charge in [0.05, 0.1) is 36.4 Å². The Morgan fingerprint density at radius 1 is 1.13 bits per heavy atom. The van der Waals surface area contributed by atoms with E-state index in [1.807, 2.05) is 31.2 Å². The molecule has 164 valence electrons. The average Bonchev–Trinajstić information content (AvgIpc) is 3.19. The predicted molar refractivity (Wildman–Crippen MR) is 113 cm³/mol. The smallest absolute Gasteiger partial charge is 0.359 e. The number of benzene rings is 1. The molecule has 2 amide bonds. The molecule has 0 spiro atoms. The lowest BCUT2D eigenvalue weighted by Gasteiger charge is -2.28. The van der Waals surface area contributed by atoms with Crippen LogP contribution in [0.25, 0.3) is 5.69 Å². The van der Waals surface area contributed by atoms with Crippen molar-refractivity contribution in [3.05, 3.63) is 58.6 Å². The molecule has 0 unspecified atom stereocenters. The van der Waals surface area contributed by atoms with Crippen molar-refractivity contribution in [1.82, 2.24) is 20.4 Å². The highest BCUT2D eigenvalue weighted by Crippen LogP contribution is 2.31. The van der Waals surface area contributed by atoms with Crippen LogP contribution in [-0.2, 0) is 14.3 Å².